The van der Waals surface area contributed by atoms with Crippen LogP contribution in [0.3, 0.4) is 0 Å². The lowest BCUT2D eigenvalue weighted by Gasteiger charge is -2.26. The first-order valence-corrected chi connectivity index (χ1v) is 8.73. The van der Waals surface area contributed by atoms with E-state index in [1.807, 2.05) is 32.0 Å². The van der Waals surface area contributed by atoms with Crippen molar-refractivity contribution in [3.8, 4) is 0 Å². The second-order valence-electron chi connectivity index (χ2n) is 6.55. The van der Waals surface area contributed by atoms with Gasteiger partial charge < -0.3 is 9.32 Å². The fourth-order valence-corrected chi connectivity index (χ4v) is 3.39. The van der Waals surface area contributed by atoms with Gasteiger partial charge in [-0.15, -0.1) is 0 Å². The molecule has 2 aromatic heterocycles. The molecule has 0 N–H and O–H groups in total. The molecule has 0 bridgehead atoms. The second kappa shape index (κ2) is 6.15. The summed E-state index contributed by atoms with van der Waals surface area (Å²) in [4.78, 5) is 23.8. The number of nitrogens with zero attached hydrogens (tertiary/aromatic N) is 3. The van der Waals surface area contributed by atoms with E-state index in [0.29, 0.717) is 30.1 Å². The summed E-state index contributed by atoms with van der Waals surface area (Å²) in [5, 5.41) is 1.22. The van der Waals surface area contributed by atoms with E-state index in [9.17, 15) is 4.79 Å². The molecule has 1 amide bonds. The Bertz CT molecular complexity index is 964. The molecule has 3 heterocycles. The van der Waals surface area contributed by atoms with Crippen LogP contribution in [0.2, 0.25) is 5.02 Å². The lowest BCUT2D eigenvalue weighted by atomic mass is 10.1. The van der Waals surface area contributed by atoms with Crippen LogP contribution in [0.5, 0.6) is 0 Å². The van der Waals surface area contributed by atoms with Gasteiger partial charge in [-0.3, -0.25) is 9.78 Å². The fourth-order valence-electron chi connectivity index (χ4n) is 3.14. The lowest BCUT2D eigenvalue weighted by Crippen LogP contribution is -2.36. The van der Waals surface area contributed by atoms with Crippen LogP contribution in [0.4, 0.5) is 0 Å². The topological polar surface area (TPSA) is 59.2 Å². The number of fused-ring (bicyclic) bond motifs is 2. The van der Waals surface area contributed by atoms with Crippen molar-refractivity contribution in [1.82, 2.24) is 14.9 Å². The Balaban J connectivity index is 1.69. The molecule has 1 aliphatic heterocycles. The highest BCUT2D eigenvalue weighted by Gasteiger charge is 2.28. The maximum absolute atomic E-state index is 13.1. The summed E-state index contributed by atoms with van der Waals surface area (Å²) in [5.41, 5.74) is 2.11. The average Bonchev–Trinajstić information content (AvgIpc) is 3.04. The van der Waals surface area contributed by atoms with Crippen LogP contribution in [-0.2, 0) is 13.0 Å². The average molecular weight is 356 g/mol. The molecule has 5 nitrogen and oxygen atoms in total. The smallest absolute Gasteiger partial charge is 0.256 e. The Morgan fingerprint density at radius 2 is 2.16 bits per heavy atom. The highest BCUT2D eigenvalue weighted by Crippen LogP contribution is 2.29. The molecule has 0 saturated carbocycles. The van der Waals surface area contributed by atoms with Gasteiger partial charge in [-0.1, -0.05) is 31.5 Å². The molecular formula is C19H18ClN3O2. The van der Waals surface area contributed by atoms with Crippen LogP contribution in [-0.4, -0.2) is 27.3 Å². The first kappa shape index (κ1) is 16.1. The van der Waals surface area contributed by atoms with Gasteiger partial charge in [0.2, 0.25) is 0 Å². The zero-order chi connectivity index (χ0) is 17.6. The number of carbonyl (C=O) groups is 1. The zero-order valence-electron chi connectivity index (χ0n) is 14.1. The summed E-state index contributed by atoms with van der Waals surface area (Å²) in [6, 6.07) is 7.25. The minimum absolute atomic E-state index is 0.0941. The summed E-state index contributed by atoms with van der Waals surface area (Å²) in [7, 11) is 0. The fraction of sp³-hybridized carbons (Fsp3) is 0.316. The van der Waals surface area contributed by atoms with Gasteiger partial charge in [-0.2, -0.15) is 0 Å². The summed E-state index contributed by atoms with van der Waals surface area (Å²) < 4.78 is 5.81. The minimum atomic E-state index is -0.0941. The molecule has 0 atom stereocenters. The number of aromatic nitrogens is 2. The van der Waals surface area contributed by atoms with E-state index < -0.39 is 0 Å². The number of hydrogen-bond donors (Lipinski definition) is 0. The van der Waals surface area contributed by atoms with Gasteiger partial charge in [-0.05, 0) is 18.2 Å². The van der Waals surface area contributed by atoms with Gasteiger partial charge in [0.15, 0.2) is 5.89 Å². The third-order valence-corrected chi connectivity index (χ3v) is 4.79. The van der Waals surface area contributed by atoms with Gasteiger partial charge in [0.1, 0.15) is 11.5 Å². The first-order chi connectivity index (χ1) is 12.0. The monoisotopic (exact) mass is 355 g/mol. The normalized spacial score (nSPS) is 14.2. The van der Waals surface area contributed by atoms with E-state index in [-0.39, 0.29) is 11.8 Å². The van der Waals surface area contributed by atoms with Crippen LogP contribution in [0.1, 0.15) is 47.5 Å². The highest BCUT2D eigenvalue weighted by atomic mass is 35.5. The highest BCUT2D eigenvalue weighted by molar-refractivity contribution is 6.35. The Hall–Kier alpha value is -2.40. The molecule has 0 radical (unpaired) electrons. The Morgan fingerprint density at radius 3 is 2.96 bits per heavy atom. The van der Waals surface area contributed by atoms with Crippen molar-refractivity contribution in [2.24, 2.45) is 0 Å². The van der Waals surface area contributed by atoms with Crippen LogP contribution in [0.25, 0.3) is 10.9 Å². The molecule has 3 aromatic rings. The number of hydrogen-bond acceptors (Lipinski definition) is 4. The van der Waals surface area contributed by atoms with Crippen LogP contribution >= 0.6 is 11.6 Å². The van der Waals surface area contributed by atoms with E-state index in [4.69, 9.17) is 16.0 Å². The Morgan fingerprint density at radius 1 is 1.32 bits per heavy atom. The van der Waals surface area contributed by atoms with Gasteiger partial charge in [0.25, 0.3) is 5.91 Å². The lowest BCUT2D eigenvalue weighted by molar-refractivity contribution is 0.0730. The van der Waals surface area contributed by atoms with E-state index in [0.717, 1.165) is 28.2 Å². The molecule has 4 rings (SSSR count). The number of oxazole rings is 1. The summed E-state index contributed by atoms with van der Waals surface area (Å²) in [6.45, 7) is 5.12. The quantitative estimate of drug-likeness (QED) is 0.691. The van der Waals surface area contributed by atoms with Gasteiger partial charge >= 0.3 is 0 Å². The van der Waals surface area contributed by atoms with Crippen molar-refractivity contribution in [2.45, 2.75) is 32.7 Å². The Kier molecular flexibility index (Phi) is 3.96. The molecule has 6 heteroatoms. The number of benzene rings is 1. The molecule has 1 aromatic carbocycles. The molecule has 0 saturated heterocycles. The molecule has 0 aliphatic carbocycles. The van der Waals surface area contributed by atoms with Crippen LogP contribution in [0, 0.1) is 0 Å². The first-order valence-electron chi connectivity index (χ1n) is 8.35. The number of amides is 1. The maximum Gasteiger partial charge on any atom is 0.256 e. The molecule has 0 spiro atoms. The molecular weight excluding hydrogens is 338 g/mol. The van der Waals surface area contributed by atoms with Crippen molar-refractivity contribution in [3.05, 3.63) is 58.4 Å². The Labute approximate surface area is 150 Å². The largest absolute Gasteiger partial charge is 0.445 e. The summed E-state index contributed by atoms with van der Waals surface area (Å²) in [6.07, 6.45) is 2.38. The second-order valence-corrected chi connectivity index (χ2v) is 6.95. The van der Waals surface area contributed by atoms with Crippen molar-refractivity contribution in [3.63, 3.8) is 0 Å². The van der Waals surface area contributed by atoms with Crippen LogP contribution in [0.15, 0.2) is 34.9 Å². The van der Waals surface area contributed by atoms with Gasteiger partial charge in [-0.25, -0.2) is 4.98 Å². The van der Waals surface area contributed by atoms with E-state index in [1.54, 1.807) is 17.2 Å². The number of carbonyl (C=O) groups excluding carboxylic acids is 1. The molecule has 0 fully saturated rings. The third kappa shape index (κ3) is 2.78. The molecule has 128 valence electrons. The van der Waals surface area contributed by atoms with Crippen LogP contribution < -0.4 is 0 Å². The van der Waals surface area contributed by atoms with E-state index in [1.165, 1.54) is 0 Å². The summed E-state index contributed by atoms with van der Waals surface area (Å²) in [5.74, 6) is 1.75. The standard InChI is InChI=1S/C19H18ClN3O2/c1-11(2)18-22-15-10-23(9-7-16(15)25-18)19(24)17-12-4-3-8-21-14(12)6-5-13(17)20/h3-6,8,11H,7,9-10H2,1-2H3. The van der Waals surface area contributed by atoms with Crippen molar-refractivity contribution in [2.75, 3.05) is 6.54 Å². The van der Waals surface area contributed by atoms with E-state index in [2.05, 4.69) is 9.97 Å². The predicted molar refractivity (Wildman–Crippen MR) is 95.8 cm³/mol. The van der Waals surface area contributed by atoms with Gasteiger partial charge in [0.05, 0.1) is 22.6 Å². The number of pyridine rings is 1. The molecule has 1 aliphatic rings. The molecule has 25 heavy (non-hydrogen) atoms. The zero-order valence-corrected chi connectivity index (χ0v) is 14.9. The number of rotatable bonds is 2. The van der Waals surface area contributed by atoms with Crippen molar-refractivity contribution >= 4 is 28.4 Å². The van der Waals surface area contributed by atoms with Crippen molar-refractivity contribution < 1.29 is 9.21 Å². The molecule has 0 unspecified atom stereocenters. The third-order valence-electron chi connectivity index (χ3n) is 4.47. The minimum Gasteiger partial charge on any atom is -0.445 e. The van der Waals surface area contributed by atoms with Crippen molar-refractivity contribution in [1.29, 1.82) is 0 Å². The van der Waals surface area contributed by atoms with E-state index >= 15 is 0 Å². The maximum atomic E-state index is 13.1. The van der Waals surface area contributed by atoms with Gasteiger partial charge in [0, 0.05) is 30.5 Å². The predicted octanol–water partition coefficient (Wildman–Crippen LogP) is 4.20. The SMILES string of the molecule is CC(C)c1nc2c(o1)CCN(C(=O)c1c(Cl)ccc3ncccc13)C2. The summed E-state index contributed by atoms with van der Waals surface area (Å²) >= 11 is 6.35. The number of halogens is 1.